The molecule has 1 saturated carbocycles. The predicted octanol–water partition coefficient (Wildman–Crippen LogP) is 3.74. The second-order valence-electron chi connectivity index (χ2n) is 6.16. The van der Waals surface area contributed by atoms with Crippen molar-refractivity contribution in [1.29, 1.82) is 0 Å². The summed E-state index contributed by atoms with van der Waals surface area (Å²) in [5.74, 6) is 1.68. The molecule has 0 spiro atoms. The molecule has 1 aliphatic rings. The van der Waals surface area contributed by atoms with Gasteiger partial charge in [0.05, 0.1) is 5.69 Å². The molecule has 110 valence electrons. The Kier molecular flexibility index (Phi) is 4.41. The Labute approximate surface area is 125 Å². The van der Waals surface area contributed by atoms with E-state index in [0.717, 1.165) is 29.8 Å². The van der Waals surface area contributed by atoms with Crippen LogP contribution < -0.4 is 5.32 Å². The van der Waals surface area contributed by atoms with Gasteiger partial charge in [-0.25, -0.2) is 4.98 Å². The molecule has 2 heterocycles. The number of fused-ring (bicyclic) bond motifs is 1. The van der Waals surface area contributed by atoms with Crippen LogP contribution in [0.15, 0.2) is 17.8 Å². The van der Waals surface area contributed by atoms with E-state index in [9.17, 15) is 0 Å². The van der Waals surface area contributed by atoms with Gasteiger partial charge in [0.1, 0.15) is 0 Å². The van der Waals surface area contributed by atoms with Crippen LogP contribution in [0.2, 0.25) is 0 Å². The first-order chi connectivity index (χ1) is 9.78. The fourth-order valence-electron chi connectivity index (χ4n) is 3.58. The predicted molar refractivity (Wildman–Crippen MR) is 85.4 cm³/mol. The Morgan fingerprint density at radius 2 is 2.40 bits per heavy atom. The summed E-state index contributed by atoms with van der Waals surface area (Å²) >= 11 is 1.72. The Hall–Kier alpha value is -0.870. The molecule has 0 bridgehead atoms. The number of hydrogen-bond donors (Lipinski definition) is 1. The van der Waals surface area contributed by atoms with Gasteiger partial charge >= 0.3 is 0 Å². The van der Waals surface area contributed by atoms with Gasteiger partial charge in [-0.05, 0) is 31.2 Å². The lowest BCUT2D eigenvalue weighted by molar-refractivity contribution is 0.294. The molecule has 4 heteroatoms. The van der Waals surface area contributed by atoms with Gasteiger partial charge in [0.25, 0.3) is 0 Å². The summed E-state index contributed by atoms with van der Waals surface area (Å²) in [5, 5.41) is 5.88. The SMILES string of the molecule is CCCNC(Cc1cn2ccsc2n1)C1CCCC1C. The van der Waals surface area contributed by atoms with Crippen molar-refractivity contribution in [2.75, 3.05) is 6.54 Å². The van der Waals surface area contributed by atoms with Gasteiger partial charge in [0.15, 0.2) is 4.96 Å². The number of imidazole rings is 1. The lowest BCUT2D eigenvalue weighted by Gasteiger charge is -2.27. The van der Waals surface area contributed by atoms with Crippen molar-refractivity contribution in [1.82, 2.24) is 14.7 Å². The number of hydrogen-bond acceptors (Lipinski definition) is 3. The molecule has 20 heavy (non-hydrogen) atoms. The van der Waals surface area contributed by atoms with Crippen molar-refractivity contribution < 1.29 is 0 Å². The van der Waals surface area contributed by atoms with Crippen molar-refractivity contribution in [3.8, 4) is 0 Å². The highest BCUT2D eigenvalue weighted by Crippen LogP contribution is 2.34. The van der Waals surface area contributed by atoms with Gasteiger partial charge < -0.3 is 5.32 Å². The minimum Gasteiger partial charge on any atom is -0.313 e. The molecule has 2 aromatic rings. The molecule has 1 N–H and O–H groups in total. The highest BCUT2D eigenvalue weighted by atomic mass is 32.1. The second-order valence-corrected chi connectivity index (χ2v) is 7.03. The lowest BCUT2D eigenvalue weighted by atomic mass is 9.87. The molecular formula is C16H25N3S. The number of nitrogens with one attached hydrogen (secondary N) is 1. The standard InChI is InChI=1S/C16H25N3S/c1-3-7-17-15(14-6-4-5-12(14)2)10-13-11-19-8-9-20-16(19)18-13/h8-9,11-12,14-15,17H,3-7,10H2,1-2H3. The summed E-state index contributed by atoms with van der Waals surface area (Å²) in [6.45, 7) is 5.79. The molecule has 0 aromatic carbocycles. The van der Waals surface area contributed by atoms with E-state index in [1.807, 2.05) is 0 Å². The van der Waals surface area contributed by atoms with E-state index in [2.05, 4.69) is 41.3 Å². The average molecular weight is 291 g/mol. The van der Waals surface area contributed by atoms with E-state index >= 15 is 0 Å². The molecule has 1 fully saturated rings. The van der Waals surface area contributed by atoms with Crippen molar-refractivity contribution in [3.05, 3.63) is 23.5 Å². The normalized spacial score (nSPS) is 24.5. The van der Waals surface area contributed by atoms with E-state index in [1.165, 1.54) is 31.4 Å². The Morgan fingerprint density at radius 3 is 3.10 bits per heavy atom. The third-order valence-corrected chi connectivity index (χ3v) is 5.44. The van der Waals surface area contributed by atoms with Crippen molar-refractivity contribution >= 4 is 16.3 Å². The third kappa shape index (κ3) is 2.91. The molecule has 0 amide bonds. The van der Waals surface area contributed by atoms with Gasteiger partial charge in [-0.1, -0.05) is 26.7 Å². The highest BCUT2D eigenvalue weighted by Gasteiger charge is 2.31. The van der Waals surface area contributed by atoms with Crippen LogP contribution in [-0.4, -0.2) is 22.0 Å². The van der Waals surface area contributed by atoms with E-state index in [-0.39, 0.29) is 0 Å². The molecule has 0 aliphatic heterocycles. The molecule has 0 saturated heterocycles. The van der Waals surface area contributed by atoms with Crippen LogP contribution in [0, 0.1) is 11.8 Å². The van der Waals surface area contributed by atoms with E-state index < -0.39 is 0 Å². The highest BCUT2D eigenvalue weighted by molar-refractivity contribution is 7.15. The van der Waals surface area contributed by atoms with Gasteiger partial charge in [-0.15, -0.1) is 11.3 Å². The van der Waals surface area contributed by atoms with E-state index in [0.29, 0.717) is 6.04 Å². The minimum atomic E-state index is 0.594. The molecular weight excluding hydrogens is 266 g/mol. The fourth-order valence-corrected chi connectivity index (χ4v) is 4.30. The molecule has 3 rings (SSSR count). The molecule has 3 atom stereocenters. The first kappa shape index (κ1) is 14.1. The molecule has 0 radical (unpaired) electrons. The first-order valence-corrected chi connectivity index (χ1v) is 8.80. The summed E-state index contributed by atoms with van der Waals surface area (Å²) in [7, 11) is 0. The zero-order chi connectivity index (χ0) is 13.9. The summed E-state index contributed by atoms with van der Waals surface area (Å²) in [5.41, 5.74) is 1.24. The van der Waals surface area contributed by atoms with Crippen LogP contribution in [0.25, 0.3) is 4.96 Å². The Morgan fingerprint density at radius 1 is 1.50 bits per heavy atom. The summed E-state index contributed by atoms with van der Waals surface area (Å²) in [6, 6.07) is 0.594. The monoisotopic (exact) mass is 291 g/mol. The number of thiazole rings is 1. The van der Waals surface area contributed by atoms with Crippen LogP contribution in [0.4, 0.5) is 0 Å². The van der Waals surface area contributed by atoms with Gasteiger partial charge in [-0.2, -0.15) is 0 Å². The zero-order valence-corrected chi connectivity index (χ0v) is 13.3. The zero-order valence-electron chi connectivity index (χ0n) is 12.5. The Balaban J connectivity index is 1.73. The average Bonchev–Trinajstić information content (AvgIpc) is 3.10. The molecule has 3 nitrogen and oxygen atoms in total. The Bertz CT molecular complexity index is 516. The van der Waals surface area contributed by atoms with Crippen LogP contribution in [0.5, 0.6) is 0 Å². The van der Waals surface area contributed by atoms with E-state index in [1.54, 1.807) is 11.3 Å². The third-order valence-electron chi connectivity index (χ3n) is 4.67. The number of rotatable bonds is 6. The van der Waals surface area contributed by atoms with Crippen molar-refractivity contribution in [2.24, 2.45) is 11.8 Å². The van der Waals surface area contributed by atoms with Gasteiger partial charge in [0.2, 0.25) is 0 Å². The maximum Gasteiger partial charge on any atom is 0.193 e. The van der Waals surface area contributed by atoms with Crippen molar-refractivity contribution in [3.63, 3.8) is 0 Å². The number of aromatic nitrogens is 2. The molecule has 3 unspecified atom stereocenters. The minimum absolute atomic E-state index is 0.594. The van der Waals surface area contributed by atoms with Gasteiger partial charge in [-0.3, -0.25) is 4.40 Å². The number of nitrogens with zero attached hydrogens (tertiary/aromatic N) is 2. The summed E-state index contributed by atoms with van der Waals surface area (Å²) < 4.78 is 2.15. The topological polar surface area (TPSA) is 29.3 Å². The van der Waals surface area contributed by atoms with Crippen LogP contribution in [-0.2, 0) is 6.42 Å². The molecule has 2 aromatic heterocycles. The summed E-state index contributed by atoms with van der Waals surface area (Å²) in [4.78, 5) is 5.88. The second kappa shape index (κ2) is 6.27. The quantitative estimate of drug-likeness (QED) is 0.878. The first-order valence-electron chi connectivity index (χ1n) is 7.92. The van der Waals surface area contributed by atoms with E-state index in [4.69, 9.17) is 4.98 Å². The summed E-state index contributed by atoms with van der Waals surface area (Å²) in [6.07, 6.45) is 10.8. The van der Waals surface area contributed by atoms with Crippen LogP contribution >= 0.6 is 11.3 Å². The molecule has 1 aliphatic carbocycles. The van der Waals surface area contributed by atoms with Crippen LogP contribution in [0.1, 0.15) is 45.2 Å². The largest absolute Gasteiger partial charge is 0.313 e. The maximum absolute atomic E-state index is 4.76. The van der Waals surface area contributed by atoms with Crippen molar-refractivity contribution in [2.45, 2.75) is 52.0 Å². The smallest absolute Gasteiger partial charge is 0.193 e. The van der Waals surface area contributed by atoms with Crippen LogP contribution in [0.3, 0.4) is 0 Å². The maximum atomic E-state index is 4.76. The fraction of sp³-hybridized carbons (Fsp3) is 0.688. The van der Waals surface area contributed by atoms with Gasteiger partial charge in [0, 0.05) is 30.2 Å². The lowest BCUT2D eigenvalue weighted by Crippen LogP contribution is -2.39.